The molecule has 1 aromatic heterocycles. The zero-order valence-corrected chi connectivity index (χ0v) is 8.19. The molecule has 0 atom stereocenters. The first-order chi connectivity index (χ1) is 6.29. The summed E-state index contributed by atoms with van der Waals surface area (Å²) in [6.45, 7) is 0.889. The molecular formula is C10H11NOS. The minimum atomic E-state index is 0.338. The van der Waals surface area contributed by atoms with E-state index in [1.165, 1.54) is 10.3 Å². The fourth-order valence-corrected chi connectivity index (χ4v) is 2.45. The van der Waals surface area contributed by atoms with Crippen LogP contribution in [0, 0.1) is 0 Å². The van der Waals surface area contributed by atoms with Crippen LogP contribution >= 0.6 is 11.3 Å². The van der Waals surface area contributed by atoms with E-state index in [4.69, 9.17) is 0 Å². The van der Waals surface area contributed by atoms with Crippen LogP contribution in [0.15, 0.2) is 24.3 Å². The van der Waals surface area contributed by atoms with Gasteiger partial charge in [-0.15, -0.1) is 11.3 Å². The van der Waals surface area contributed by atoms with E-state index >= 15 is 0 Å². The molecule has 3 heteroatoms. The van der Waals surface area contributed by atoms with E-state index in [9.17, 15) is 5.11 Å². The molecule has 0 fully saturated rings. The van der Waals surface area contributed by atoms with Crippen molar-refractivity contribution in [3.63, 3.8) is 0 Å². The Bertz CT molecular complexity index is 422. The lowest BCUT2D eigenvalue weighted by Gasteiger charge is -1.90. The van der Waals surface area contributed by atoms with Crippen molar-refractivity contribution in [3.05, 3.63) is 29.1 Å². The molecule has 0 saturated heterocycles. The molecule has 0 amide bonds. The third kappa shape index (κ3) is 1.66. The van der Waals surface area contributed by atoms with Gasteiger partial charge < -0.3 is 10.4 Å². The molecule has 0 aliphatic heterocycles. The van der Waals surface area contributed by atoms with Crippen LogP contribution in [0.1, 0.15) is 4.88 Å². The molecule has 2 rings (SSSR count). The van der Waals surface area contributed by atoms with Crippen LogP contribution in [0.25, 0.3) is 10.1 Å². The van der Waals surface area contributed by atoms with E-state index in [2.05, 4.69) is 11.4 Å². The van der Waals surface area contributed by atoms with Gasteiger partial charge in [0, 0.05) is 16.1 Å². The Morgan fingerprint density at radius 1 is 1.38 bits per heavy atom. The van der Waals surface area contributed by atoms with Crippen molar-refractivity contribution < 1.29 is 5.11 Å². The van der Waals surface area contributed by atoms with Crippen LogP contribution < -0.4 is 5.32 Å². The highest BCUT2D eigenvalue weighted by Crippen LogP contribution is 2.28. The second-order valence-corrected chi connectivity index (χ2v) is 4.13. The molecule has 13 heavy (non-hydrogen) atoms. The summed E-state index contributed by atoms with van der Waals surface area (Å²) in [5, 5.41) is 13.6. The molecule has 0 spiro atoms. The third-order valence-electron chi connectivity index (χ3n) is 1.91. The molecular weight excluding hydrogens is 182 g/mol. The van der Waals surface area contributed by atoms with Crippen LogP contribution in [-0.2, 0) is 6.54 Å². The molecule has 0 aliphatic carbocycles. The summed E-state index contributed by atoms with van der Waals surface area (Å²) >= 11 is 1.71. The number of thiophene rings is 1. The average Bonchev–Trinajstić information content (AvgIpc) is 2.46. The van der Waals surface area contributed by atoms with E-state index in [0.29, 0.717) is 5.75 Å². The van der Waals surface area contributed by atoms with Crippen molar-refractivity contribution in [2.24, 2.45) is 0 Å². The number of rotatable bonds is 2. The highest BCUT2D eigenvalue weighted by atomic mass is 32.1. The Kier molecular flexibility index (Phi) is 2.20. The fourth-order valence-electron chi connectivity index (χ4n) is 1.34. The van der Waals surface area contributed by atoms with Crippen molar-refractivity contribution in [2.75, 3.05) is 7.05 Å². The number of fused-ring (bicyclic) bond motifs is 1. The molecule has 1 aromatic carbocycles. The maximum absolute atomic E-state index is 9.26. The maximum Gasteiger partial charge on any atom is 0.117 e. The first kappa shape index (κ1) is 8.53. The number of phenolic OH excluding ortho intramolecular Hbond substituents is 1. The van der Waals surface area contributed by atoms with Crippen LogP contribution in [0.2, 0.25) is 0 Å². The monoisotopic (exact) mass is 193 g/mol. The van der Waals surface area contributed by atoms with Gasteiger partial charge in [0.05, 0.1) is 0 Å². The van der Waals surface area contributed by atoms with Crippen molar-refractivity contribution >= 4 is 21.4 Å². The number of benzene rings is 1. The van der Waals surface area contributed by atoms with E-state index in [1.807, 2.05) is 13.1 Å². The van der Waals surface area contributed by atoms with Crippen LogP contribution in [-0.4, -0.2) is 12.2 Å². The average molecular weight is 193 g/mol. The van der Waals surface area contributed by atoms with Gasteiger partial charge in [0.1, 0.15) is 5.75 Å². The molecule has 2 nitrogen and oxygen atoms in total. The molecule has 2 N–H and O–H groups in total. The predicted molar refractivity (Wildman–Crippen MR) is 56.3 cm³/mol. The summed E-state index contributed by atoms with van der Waals surface area (Å²) in [5.41, 5.74) is 0. The summed E-state index contributed by atoms with van der Waals surface area (Å²) in [4.78, 5) is 1.29. The van der Waals surface area contributed by atoms with Crippen molar-refractivity contribution in [2.45, 2.75) is 6.54 Å². The van der Waals surface area contributed by atoms with Gasteiger partial charge >= 0.3 is 0 Å². The Hall–Kier alpha value is -1.06. The zero-order valence-electron chi connectivity index (χ0n) is 7.37. The normalized spacial score (nSPS) is 10.8. The van der Waals surface area contributed by atoms with Crippen LogP contribution in [0.4, 0.5) is 0 Å². The molecule has 0 bridgehead atoms. The van der Waals surface area contributed by atoms with E-state index < -0.39 is 0 Å². The molecule has 68 valence electrons. The van der Waals surface area contributed by atoms with Gasteiger partial charge in [0.15, 0.2) is 0 Å². The summed E-state index contributed by atoms with van der Waals surface area (Å²) in [6, 6.07) is 7.62. The van der Waals surface area contributed by atoms with Crippen LogP contribution in [0.3, 0.4) is 0 Å². The SMILES string of the molecule is CNCc1cc2ccc(O)cc2s1. The minimum absolute atomic E-state index is 0.338. The maximum atomic E-state index is 9.26. The fraction of sp³-hybridized carbons (Fsp3) is 0.200. The number of hydrogen-bond acceptors (Lipinski definition) is 3. The Labute approximate surface area is 80.8 Å². The van der Waals surface area contributed by atoms with Gasteiger partial charge in [0.25, 0.3) is 0 Å². The molecule has 0 unspecified atom stereocenters. The van der Waals surface area contributed by atoms with Crippen LogP contribution in [0.5, 0.6) is 5.75 Å². The van der Waals surface area contributed by atoms with E-state index in [0.717, 1.165) is 11.2 Å². The topological polar surface area (TPSA) is 32.3 Å². The van der Waals surface area contributed by atoms with Gasteiger partial charge in [-0.3, -0.25) is 0 Å². The number of nitrogens with one attached hydrogen (secondary N) is 1. The molecule has 0 radical (unpaired) electrons. The first-order valence-corrected chi connectivity index (χ1v) is 4.97. The van der Waals surface area contributed by atoms with Crippen molar-refractivity contribution in [3.8, 4) is 5.75 Å². The van der Waals surface area contributed by atoms with Crippen molar-refractivity contribution in [1.82, 2.24) is 5.32 Å². The Balaban J connectivity index is 2.49. The second-order valence-electron chi connectivity index (χ2n) is 2.97. The number of aromatic hydroxyl groups is 1. The zero-order chi connectivity index (χ0) is 9.26. The highest BCUT2D eigenvalue weighted by Gasteiger charge is 2.00. The Morgan fingerprint density at radius 2 is 2.23 bits per heavy atom. The summed E-state index contributed by atoms with van der Waals surface area (Å²) < 4.78 is 1.14. The molecule has 2 aromatic rings. The van der Waals surface area contributed by atoms with Crippen molar-refractivity contribution in [1.29, 1.82) is 0 Å². The predicted octanol–water partition coefficient (Wildman–Crippen LogP) is 2.33. The van der Waals surface area contributed by atoms with Gasteiger partial charge in [0.2, 0.25) is 0 Å². The van der Waals surface area contributed by atoms with E-state index in [1.54, 1.807) is 23.5 Å². The lowest BCUT2D eigenvalue weighted by molar-refractivity contribution is 0.476. The number of hydrogen-bond donors (Lipinski definition) is 2. The molecule has 1 heterocycles. The third-order valence-corrected chi connectivity index (χ3v) is 3.00. The molecule has 0 saturated carbocycles. The highest BCUT2D eigenvalue weighted by molar-refractivity contribution is 7.19. The summed E-state index contributed by atoms with van der Waals surface area (Å²) in [6.07, 6.45) is 0. The Morgan fingerprint density at radius 3 is 3.00 bits per heavy atom. The minimum Gasteiger partial charge on any atom is -0.508 e. The van der Waals surface area contributed by atoms with E-state index in [-0.39, 0.29) is 0 Å². The lowest BCUT2D eigenvalue weighted by Crippen LogP contribution is -2.02. The smallest absolute Gasteiger partial charge is 0.117 e. The first-order valence-electron chi connectivity index (χ1n) is 4.15. The van der Waals surface area contributed by atoms with Gasteiger partial charge in [-0.05, 0) is 36.7 Å². The second kappa shape index (κ2) is 3.36. The number of phenols is 1. The summed E-state index contributed by atoms with van der Waals surface area (Å²) in [7, 11) is 1.93. The van der Waals surface area contributed by atoms with Gasteiger partial charge in [-0.1, -0.05) is 0 Å². The standard InChI is InChI=1S/C10H11NOS/c1-11-6-9-4-7-2-3-8(12)5-10(7)13-9/h2-5,11-12H,6H2,1H3. The lowest BCUT2D eigenvalue weighted by atomic mass is 10.2. The molecule has 0 aliphatic rings. The largest absolute Gasteiger partial charge is 0.508 e. The summed E-state index contributed by atoms with van der Waals surface area (Å²) in [5.74, 6) is 0.338. The quantitative estimate of drug-likeness (QED) is 0.767. The van der Waals surface area contributed by atoms with Gasteiger partial charge in [-0.2, -0.15) is 0 Å². The van der Waals surface area contributed by atoms with Gasteiger partial charge in [-0.25, -0.2) is 0 Å².